The molecular weight excluding hydrogens is 272 g/mol. The van der Waals surface area contributed by atoms with E-state index in [0.717, 1.165) is 12.8 Å². The van der Waals surface area contributed by atoms with Crippen molar-refractivity contribution in [3.8, 4) is 0 Å². The first-order valence-corrected chi connectivity index (χ1v) is 7.65. The number of likely N-dealkylation sites (tertiary alicyclic amines) is 1. The lowest BCUT2D eigenvalue weighted by Gasteiger charge is -2.41. The van der Waals surface area contributed by atoms with Gasteiger partial charge in [0.05, 0.1) is 12.5 Å². The number of carboxylic acid groups (broad SMARTS) is 1. The SMILES string of the molecule is CCOC1CCCN(C(=O)N(CCC(=O)O)C(C)(C)C)C1. The van der Waals surface area contributed by atoms with Crippen LogP contribution >= 0.6 is 0 Å². The van der Waals surface area contributed by atoms with E-state index in [4.69, 9.17) is 9.84 Å². The average molecular weight is 300 g/mol. The van der Waals surface area contributed by atoms with Crippen LogP contribution in [0.2, 0.25) is 0 Å². The number of rotatable bonds is 5. The summed E-state index contributed by atoms with van der Waals surface area (Å²) in [4.78, 5) is 26.9. The van der Waals surface area contributed by atoms with Crippen LogP contribution in [0.15, 0.2) is 0 Å². The van der Waals surface area contributed by atoms with Crippen LogP contribution in [0.5, 0.6) is 0 Å². The third kappa shape index (κ3) is 5.53. The molecule has 0 spiro atoms. The van der Waals surface area contributed by atoms with Gasteiger partial charge in [-0.3, -0.25) is 4.79 Å². The van der Waals surface area contributed by atoms with E-state index in [0.29, 0.717) is 19.7 Å². The predicted molar refractivity (Wildman–Crippen MR) is 80.3 cm³/mol. The van der Waals surface area contributed by atoms with Gasteiger partial charge in [0.1, 0.15) is 0 Å². The summed E-state index contributed by atoms with van der Waals surface area (Å²) in [5, 5.41) is 8.86. The van der Waals surface area contributed by atoms with Gasteiger partial charge in [0.15, 0.2) is 0 Å². The molecule has 0 saturated carbocycles. The summed E-state index contributed by atoms with van der Waals surface area (Å²) in [5.41, 5.74) is -0.398. The van der Waals surface area contributed by atoms with Crippen molar-refractivity contribution >= 4 is 12.0 Å². The van der Waals surface area contributed by atoms with Crippen molar-refractivity contribution in [2.24, 2.45) is 0 Å². The van der Waals surface area contributed by atoms with Crippen LogP contribution in [0.1, 0.15) is 47.0 Å². The van der Waals surface area contributed by atoms with Gasteiger partial charge in [-0.25, -0.2) is 4.79 Å². The summed E-state index contributed by atoms with van der Waals surface area (Å²) in [5.74, 6) is -0.886. The lowest BCUT2D eigenvalue weighted by atomic mass is 10.0. The van der Waals surface area contributed by atoms with Crippen molar-refractivity contribution in [3.63, 3.8) is 0 Å². The van der Waals surface area contributed by atoms with Crippen molar-refractivity contribution in [1.82, 2.24) is 9.80 Å². The Morgan fingerprint density at radius 2 is 2.05 bits per heavy atom. The third-order valence-electron chi connectivity index (χ3n) is 3.64. The van der Waals surface area contributed by atoms with E-state index in [-0.39, 0.29) is 25.1 Å². The molecule has 0 aliphatic carbocycles. The number of piperidine rings is 1. The highest BCUT2D eigenvalue weighted by Crippen LogP contribution is 2.20. The molecule has 0 radical (unpaired) electrons. The molecule has 6 heteroatoms. The van der Waals surface area contributed by atoms with E-state index in [1.165, 1.54) is 0 Å². The summed E-state index contributed by atoms with van der Waals surface area (Å²) in [6, 6.07) is -0.0897. The molecule has 1 fully saturated rings. The summed E-state index contributed by atoms with van der Waals surface area (Å²) in [7, 11) is 0. The fourth-order valence-electron chi connectivity index (χ4n) is 2.58. The number of nitrogens with zero attached hydrogens (tertiary/aromatic N) is 2. The van der Waals surface area contributed by atoms with Gasteiger partial charge in [-0.05, 0) is 40.5 Å². The normalized spacial score (nSPS) is 19.4. The molecule has 0 aromatic heterocycles. The lowest BCUT2D eigenvalue weighted by Crippen LogP contribution is -2.55. The average Bonchev–Trinajstić information content (AvgIpc) is 2.37. The second kappa shape index (κ2) is 7.64. The minimum absolute atomic E-state index is 0.0360. The Kier molecular flexibility index (Phi) is 6.45. The number of amides is 2. The van der Waals surface area contributed by atoms with Crippen LogP contribution in [0.3, 0.4) is 0 Å². The van der Waals surface area contributed by atoms with Gasteiger partial charge >= 0.3 is 12.0 Å². The number of aliphatic carboxylic acids is 1. The zero-order chi connectivity index (χ0) is 16.0. The Labute approximate surface area is 127 Å². The predicted octanol–water partition coefficient (Wildman–Crippen LogP) is 2.18. The Bertz CT molecular complexity index is 363. The molecule has 1 N–H and O–H groups in total. The van der Waals surface area contributed by atoms with E-state index in [1.807, 2.05) is 27.7 Å². The van der Waals surface area contributed by atoms with E-state index in [9.17, 15) is 9.59 Å². The molecular formula is C15H28N2O4. The van der Waals surface area contributed by atoms with Gasteiger partial charge in [0, 0.05) is 31.8 Å². The van der Waals surface area contributed by atoms with Crippen LogP contribution in [0.25, 0.3) is 0 Å². The molecule has 1 saturated heterocycles. The summed E-state index contributed by atoms with van der Waals surface area (Å²) in [6.07, 6.45) is 1.95. The minimum Gasteiger partial charge on any atom is -0.481 e. The van der Waals surface area contributed by atoms with Crippen LogP contribution in [-0.2, 0) is 9.53 Å². The summed E-state index contributed by atoms with van der Waals surface area (Å²) < 4.78 is 5.62. The third-order valence-corrected chi connectivity index (χ3v) is 3.64. The van der Waals surface area contributed by atoms with Crippen LogP contribution < -0.4 is 0 Å². The highest BCUT2D eigenvalue weighted by molar-refractivity contribution is 5.76. The van der Waals surface area contributed by atoms with Crippen molar-refractivity contribution in [2.75, 3.05) is 26.2 Å². The monoisotopic (exact) mass is 300 g/mol. The lowest BCUT2D eigenvalue weighted by molar-refractivity contribution is -0.137. The molecule has 1 rings (SSSR count). The van der Waals surface area contributed by atoms with Crippen molar-refractivity contribution in [2.45, 2.75) is 58.6 Å². The Hall–Kier alpha value is -1.30. The van der Waals surface area contributed by atoms with E-state index in [1.54, 1.807) is 9.80 Å². The topological polar surface area (TPSA) is 70.1 Å². The molecule has 1 aliphatic heterocycles. The van der Waals surface area contributed by atoms with E-state index < -0.39 is 11.5 Å². The van der Waals surface area contributed by atoms with Crippen molar-refractivity contribution in [3.05, 3.63) is 0 Å². The summed E-state index contributed by atoms with van der Waals surface area (Å²) >= 11 is 0. The van der Waals surface area contributed by atoms with Gasteiger partial charge < -0.3 is 19.6 Å². The molecule has 1 aliphatic rings. The molecule has 1 heterocycles. The second-order valence-electron chi connectivity index (χ2n) is 6.41. The highest BCUT2D eigenvalue weighted by atomic mass is 16.5. The first-order valence-electron chi connectivity index (χ1n) is 7.65. The Balaban J connectivity index is 2.72. The standard InChI is InChI=1S/C15H28N2O4/c1-5-21-12-7-6-9-16(11-12)14(20)17(15(2,3)4)10-8-13(18)19/h12H,5-11H2,1-4H3,(H,18,19). The van der Waals surface area contributed by atoms with Crippen LogP contribution in [0.4, 0.5) is 4.79 Å². The number of carbonyl (C=O) groups is 2. The number of hydrogen-bond donors (Lipinski definition) is 1. The zero-order valence-electron chi connectivity index (χ0n) is 13.6. The Morgan fingerprint density at radius 1 is 1.38 bits per heavy atom. The fraction of sp³-hybridized carbons (Fsp3) is 0.867. The van der Waals surface area contributed by atoms with Gasteiger partial charge in [-0.15, -0.1) is 0 Å². The van der Waals surface area contributed by atoms with Gasteiger partial charge in [-0.2, -0.15) is 0 Å². The molecule has 0 bridgehead atoms. The number of urea groups is 1. The number of carboxylic acids is 1. The molecule has 6 nitrogen and oxygen atoms in total. The maximum atomic E-state index is 12.7. The molecule has 21 heavy (non-hydrogen) atoms. The maximum Gasteiger partial charge on any atom is 0.320 e. The maximum absolute atomic E-state index is 12.7. The molecule has 1 atom stereocenters. The molecule has 1 unspecified atom stereocenters. The first kappa shape index (κ1) is 17.8. The van der Waals surface area contributed by atoms with Crippen LogP contribution in [0, 0.1) is 0 Å². The van der Waals surface area contributed by atoms with Gasteiger partial charge in [0.25, 0.3) is 0 Å². The van der Waals surface area contributed by atoms with Crippen molar-refractivity contribution < 1.29 is 19.4 Å². The first-order chi connectivity index (χ1) is 9.75. The number of carbonyl (C=O) groups excluding carboxylic acids is 1. The van der Waals surface area contributed by atoms with E-state index >= 15 is 0 Å². The molecule has 0 aromatic rings. The van der Waals surface area contributed by atoms with Crippen LogP contribution in [-0.4, -0.2) is 64.8 Å². The number of hydrogen-bond acceptors (Lipinski definition) is 3. The molecule has 0 aromatic carbocycles. The Morgan fingerprint density at radius 3 is 2.57 bits per heavy atom. The number of ether oxygens (including phenoxy) is 1. The quantitative estimate of drug-likeness (QED) is 0.845. The highest BCUT2D eigenvalue weighted by Gasteiger charge is 2.33. The smallest absolute Gasteiger partial charge is 0.320 e. The van der Waals surface area contributed by atoms with Gasteiger partial charge in [-0.1, -0.05) is 0 Å². The minimum atomic E-state index is -0.886. The fourth-order valence-corrected chi connectivity index (χ4v) is 2.58. The van der Waals surface area contributed by atoms with Crippen molar-refractivity contribution in [1.29, 1.82) is 0 Å². The largest absolute Gasteiger partial charge is 0.481 e. The summed E-state index contributed by atoms with van der Waals surface area (Å²) in [6.45, 7) is 9.91. The zero-order valence-corrected chi connectivity index (χ0v) is 13.6. The van der Waals surface area contributed by atoms with E-state index in [2.05, 4.69) is 0 Å². The second-order valence-corrected chi connectivity index (χ2v) is 6.41. The molecule has 122 valence electrons. The van der Waals surface area contributed by atoms with Gasteiger partial charge in [0.2, 0.25) is 0 Å². The molecule has 2 amide bonds.